The quantitative estimate of drug-likeness (QED) is 0.525. The summed E-state index contributed by atoms with van der Waals surface area (Å²) in [6, 6.07) is 17.6. The summed E-state index contributed by atoms with van der Waals surface area (Å²) in [5.41, 5.74) is 1.52. The molecule has 2 N–H and O–H groups in total. The molecule has 1 aliphatic rings. The highest BCUT2D eigenvalue weighted by molar-refractivity contribution is 6.30. The second kappa shape index (κ2) is 8.72. The summed E-state index contributed by atoms with van der Waals surface area (Å²) in [4.78, 5) is 30.7. The Morgan fingerprint density at radius 2 is 1.72 bits per heavy atom. The predicted octanol–water partition coefficient (Wildman–Crippen LogP) is 4.73. The molecule has 0 aromatic heterocycles. The molecule has 0 bridgehead atoms. The number of methoxy groups -OCH3 is 1. The standard InChI is InChI=1S/C24H18ClNO6/c1-31-17-9-4-14(5-10-17)23-20(21(26-32-23)13-2-7-16(25)8-3-13)22(28)15-6-11-19(27)18(12-15)24(29)30/h2-12,20,23,27H,1H3,(H,29,30). The lowest BCUT2D eigenvalue weighted by molar-refractivity contribution is 0.0533. The number of carbonyl (C=O) groups excluding carboxylic acids is 1. The van der Waals surface area contributed by atoms with Crippen molar-refractivity contribution in [1.82, 2.24) is 0 Å². The molecule has 0 fully saturated rings. The molecule has 3 aromatic rings. The van der Waals surface area contributed by atoms with Crippen molar-refractivity contribution in [2.75, 3.05) is 7.11 Å². The van der Waals surface area contributed by atoms with Gasteiger partial charge in [0.15, 0.2) is 11.9 Å². The molecule has 162 valence electrons. The van der Waals surface area contributed by atoms with Crippen molar-refractivity contribution in [2.24, 2.45) is 11.1 Å². The molecule has 2 unspecified atom stereocenters. The van der Waals surface area contributed by atoms with Gasteiger partial charge in [-0.1, -0.05) is 41.0 Å². The molecule has 2 atom stereocenters. The van der Waals surface area contributed by atoms with Gasteiger partial charge < -0.3 is 19.8 Å². The van der Waals surface area contributed by atoms with E-state index in [1.54, 1.807) is 55.6 Å². The first-order valence-electron chi connectivity index (χ1n) is 9.63. The number of nitrogens with zero attached hydrogens (tertiary/aromatic N) is 1. The van der Waals surface area contributed by atoms with E-state index in [-0.39, 0.29) is 16.9 Å². The number of carbonyl (C=O) groups is 2. The Morgan fingerprint density at radius 1 is 1.03 bits per heavy atom. The van der Waals surface area contributed by atoms with E-state index in [0.717, 1.165) is 6.07 Å². The van der Waals surface area contributed by atoms with Crippen molar-refractivity contribution < 1.29 is 29.4 Å². The molecule has 4 rings (SSSR count). The highest BCUT2D eigenvalue weighted by Gasteiger charge is 2.42. The molecule has 0 saturated carbocycles. The summed E-state index contributed by atoms with van der Waals surface area (Å²) in [6.45, 7) is 0. The van der Waals surface area contributed by atoms with Gasteiger partial charge >= 0.3 is 5.97 Å². The lowest BCUT2D eigenvalue weighted by Gasteiger charge is -2.19. The Labute approximate surface area is 188 Å². The number of aromatic carboxylic acids is 1. The number of Topliss-reactive ketones (excluding diaryl/α,β-unsaturated/α-hetero) is 1. The number of hydrogen-bond acceptors (Lipinski definition) is 6. The molecular weight excluding hydrogens is 434 g/mol. The summed E-state index contributed by atoms with van der Waals surface area (Å²) < 4.78 is 5.20. The molecule has 32 heavy (non-hydrogen) atoms. The first-order chi connectivity index (χ1) is 15.4. The molecule has 1 aliphatic heterocycles. The molecule has 0 saturated heterocycles. The Balaban J connectivity index is 1.77. The van der Waals surface area contributed by atoms with Crippen molar-refractivity contribution in [1.29, 1.82) is 0 Å². The number of oxime groups is 1. The maximum absolute atomic E-state index is 13.6. The van der Waals surface area contributed by atoms with Crippen LogP contribution in [-0.2, 0) is 4.84 Å². The number of aromatic hydroxyl groups is 1. The number of hydrogen-bond donors (Lipinski definition) is 2. The number of rotatable bonds is 6. The van der Waals surface area contributed by atoms with Gasteiger partial charge in [0.25, 0.3) is 0 Å². The van der Waals surface area contributed by atoms with Gasteiger partial charge in [-0.15, -0.1) is 0 Å². The maximum Gasteiger partial charge on any atom is 0.339 e. The van der Waals surface area contributed by atoms with Crippen molar-refractivity contribution in [3.8, 4) is 11.5 Å². The molecular formula is C24H18ClNO6. The van der Waals surface area contributed by atoms with Gasteiger partial charge in [-0.2, -0.15) is 0 Å². The van der Waals surface area contributed by atoms with E-state index in [4.69, 9.17) is 21.2 Å². The molecule has 0 radical (unpaired) electrons. The van der Waals surface area contributed by atoms with E-state index >= 15 is 0 Å². The second-order valence-electron chi connectivity index (χ2n) is 7.16. The third kappa shape index (κ3) is 4.02. The molecule has 0 spiro atoms. The third-order valence-electron chi connectivity index (χ3n) is 5.24. The molecule has 0 aliphatic carbocycles. The lowest BCUT2D eigenvalue weighted by Crippen LogP contribution is -2.27. The zero-order chi connectivity index (χ0) is 22.8. The van der Waals surface area contributed by atoms with E-state index in [2.05, 4.69) is 5.16 Å². The number of carboxylic acids is 1. The van der Waals surface area contributed by atoms with Crippen LogP contribution in [0, 0.1) is 5.92 Å². The van der Waals surface area contributed by atoms with Crippen molar-refractivity contribution in [2.45, 2.75) is 6.10 Å². The van der Waals surface area contributed by atoms with E-state index in [9.17, 15) is 19.8 Å². The van der Waals surface area contributed by atoms with Gasteiger partial charge in [-0.25, -0.2) is 4.79 Å². The normalized spacial score (nSPS) is 17.4. The van der Waals surface area contributed by atoms with Gasteiger partial charge in [-0.05, 0) is 48.0 Å². The highest BCUT2D eigenvalue weighted by Crippen LogP contribution is 2.38. The van der Waals surface area contributed by atoms with Crippen molar-refractivity contribution in [3.05, 3.63) is 94.0 Å². The van der Waals surface area contributed by atoms with Crippen molar-refractivity contribution in [3.63, 3.8) is 0 Å². The van der Waals surface area contributed by atoms with Gasteiger partial charge in [0.2, 0.25) is 0 Å². The molecule has 8 heteroatoms. The maximum atomic E-state index is 13.6. The molecule has 1 heterocycles. The summed E-state index contributed by atoms with van der Waals surface area (Å²) in [5.74, 6) is -2.35. The molecule has 0 amide bonds. The zero-order valence-electron chi connectivity index (χ0n) is 16.9. The minimum absolute atomic E-state index is 0.121. The van der Waals surface area contributed by atoms with E-state index in [1.807, 2.05) is 0 Å². The molecule has 7 nitrogen and oxygen atoms in total. The van der Waals surface area contributed by atoms with E-state index in [0.29, 0.717) is 27.6 Å². The minimum atomic E-state index is -1.34. The second-order valence-corrected chi connectivity index (χ2v) is 7.60. The summed E-state index contributed by atoms with van der Waals surface area (Å²) in [7, 11) is 1.56. The van der Waals surface area contributed by atoms with Crippen LogP contribution in [0.1, 0.15) is 37.9 Å². The van der Waals surface area contributed by atoms with Crippen LogP contribution >= 0.6 is 11.6 Å². The van der Waals surface area contributed by atoms with Gasteiger partial charge in [0.1, 0.15) is 28.7 Å². The predicted molar refractivity (Wildman–Crippen MR) is 118 cm³/mol. The van der Waals surface area contributed by atoms with E-state index < -0.39 is 23.7 Å². The first-order valence-corrected chi connectivity index (χ1v) is 10.0. The fourth-order valence-corrected chi connectivity index (χ4v) is 3.70. The Kier molecular flexibility index (Phi) is 5.83. The fourth-order valence-electron chi connectivity index (χ4n) is 3.58. The topological polar surface area (TPSA) is 105 Å². The van der Waals surface area contributed by atoms with Crippen LogP contribution in [0.15, 0.2) is 71.9 Å². The minimum Gasteiger partial charge on any atom is -0.507 e. The number of ketones is 1. The van der Waals surface area contributed by atoms with Crippen LogP contribution in [0.25, 0.3) is 0 Å². The number of benzene rings is 3. The third-order valence-corrected chi connectivity index (χ3v) is 5.49. The smallest absolute Gasteiger partial charge is 0.339 e. The molecule has 3 aromatic carbocycles. The van der Waals surface area contributed by atoms with Crippen LogP contribution in [0.3, 0.4) is 0 Å². The Hall–Kier alpha value is -3.84. The van der Waals surface area contributed by atoms with Crippen LogP contribution in [0.2, 0.25) is 5.02 Å². The van der Waals surface area contributed by atoms with Crippen LogP contribution in [0.4, 0.5) is 0 Å². The van der Waals surface area contributed by atoms with Gasteiger partial charge in [0.05, 0.1) is 7.11 Å². The number of halogens is 1. The van der Waals surface area contributed by atoms with Crippen LogP contribution in [0.5, 0.6) is 11.5 Å². The van der Waals surface area contributed by atoms with E-state index in [1.165, 1.54) is 12.1 Å². The highest BCUT2D eigenvalue weighted by atomic mass is 35.5. The SMILES string of the molecule is COc1ccc(C2ON=C(c3ccc(Cl)cc3)C2C(=O)c2ccc(O)c(C(=O)O)c2)cc1. The summed E-state index contributed by atoms with van der Waals surface area (Å²) in [6.07, 6.45) is -0.735. The van der Waals surface area contributed by atoms with Crippen molar-refractivity contribution >= 4 is 29.1 Å². The number of ether oxygens (including phenoxy) is 1. The van der Waals surface area contributed by atoms with Crippen LogP contribution < -0.4 is 4.74 Å². The fraction of sp³-hybridized carbons (Fsp3) is 0.125. The lowest BCUT2D eigenvalue weighted by atomic mass is 9.83. The largest absolute Gasteiger partial charge is 0.507 e. The zero-order valence-corrected chi connectivity index (χ0v) is 17.6. The summed E-state index contributed by atoms with van der Waals surface area (Å²) >= 11 is 6.00. The Bertz CT molecular complexity index is 1200. The Morgan fingerprint density at radius 3 is 2.34 bits per heavy atom. The average Bonchev–Trinajstić information content (AvgIpc) is 3.24. The number of phenols is 1. The van der Waals surface area contributed by atoms with Crippen LogP contribution in [-0.4, -0.2) is 34.8 Å². The first kappa shape index (κ1) is 21.4. The average molecular weight is 452 g/mol. The van der Waals surface area contributed by atoms with Gasteiger partial charge in [-0.3, -0.25) is 4.79 Å². The summed E-state index contributed by atoms with van der Waals surface area (Å²) in [5, 5.41) is 23.9. The monoisotopic (exact) mass is 451 g/mol. The van der Waals surface area contributed by atoms with Gasteiger partial charge in [0, 0.05) is 16.1 Å². The number of carboxylic acid groups (broad SMARTS) is 1.